The highest BCUT2D eigenvalue weighted by atomic mass is 19.1. The summed E-state index contributed by atoms with van der Waals surface area (Å²) in [7, 11) is 0. The maximum absolute atomic E-state index is 13.7. The second-order valence-corrected chi connectivity index (χ2v) is 8.45. The zero-order valence-corrected chi connectivity index (χ0v) is 18.2. The van der Waals surface area contributed by atoms with Crippen LogP contribution in [0.25, 0.3) is 0 Å². The van der Waals surface area contributed by atoms with Crippen LogP contribution in [0.4, 0.5) is 26.2 Å². The van der Waals surface area contributed by atoms with Crippen molar-refractivity contribution in [2.75, 3.05) is 22.6 Å². The van der Waals surface area contributed by atoms with Crippen LogP contribution >= 0.6 is 0 Å². The van der Waals surface area contributed by atoms with Gasteiger partial charge in [0.05, 0.1) is 11.4 Å². The zero-order valence-electron chi connectivity index (χ0n) is 18.2. The molecule has 0 aromatic heterocycles. The number of halogens is 1. The third kappa shape index (κ3) is 7.26. The van der Waals surface area contributed by atoms with Gasteiger partial charge in [-0.15, -0.1) is 0 Å². The average Bonchev–Trinajstić information content (AvgIpc) is 3.53. The number of carbonyl (C=O) groups is 3. The van der Waals surface area contributed by atoms with Gasteiger partial charge < -0.3 is 20.1 Å². The van der Waals surface area contributed by atoms with Crippen LogP contribution in [0.5, 0.6) is 5.75 Å². The van der Waals surface area contributed by atoms with Gasteiger partial charge in [0.15, 0.2) is 6.61 Å². The van der Waals surface area contributed by atoms with Gasteiger partial charge in [-0.3, -0.25) is 14.9 Å². The Kier molecular flexibility index (Phi) is 6.97. The lowest BCUT2D eigenvalue weighted by Gasteiger charge is -2.20. The SMILES string of the molecule is CC(C)(C)OC(=O)Nc1ccc(F)cc1NC(=O)COc1cccc(NC(=O)C2CC2)c1. The van der Waals surface area contributed by atoms with Crippen LogP contribution in [0.1, 0.15) is 33.6 Å². The van der Waals surface area contributed by atoms with Crippen LogP contribution < -0.4 is 20.7 Å². The molecule has 0 atom stereocenters. The number of carbonyl (C=O) groups excluding carboxylic acids is 3. The van der Waals surface area contributed by atoms with E-state index in [0.717, 1.165) is 25.0 Å². The first-order valence-corrected chi connectivity index (χ1v) is 10.2. The van der Waals surface area contributed by atoms with Crippen molar-refractivity contribution >= 4 is 35.0 Å². The normalized spacial score (nSPS) is 13.1. The van der Waals surface area contributed by atoms with Crippen molar-refractivity contribution in [2.24, 2.45) is 5.92 Å². The number of amides is 3. The summed E-state index contributed by atoms with van der Waals surface area (Å²) >= 11 is 0. The molecule has 3 N–H and O–H groups in total. The number of hydrogen-bond acceptors (Lipinski definition) is 5. The van der Waals surface area contributed by atoms with Gasteiger partial charge in [-0.05, 0) is 63.9 Å². The van der Waals surface area contributed by atoms with Crippen molar-refractivity contribution in [1.82, 2.24) is 0 Å². The second-order valence-electron chi connectivity index (χ2n) is 8.45. The minimum Gasteiger partial charge on any atom is -0.484 e. The molecule has 3 rings (SSSR count). The topological polar surface area (TPSA) is 106 Å². The highest BCUT2D eigenvalue weighted by Gasteiger charge is 2.29. The summed E-state index contributed by atoms with van der Waals surface area (Å²) in [5.74, 6) is -0.721. The van der Waals surface area contributed by atoms with Crippen molar-refractivity contribution in [3.63, 3.8) is 0 Å². The maximum atomic E-state index is 13.7. The van der Waals surface area contributed by atoms with E-state index in [1.54, 1.807) is 45.0 Å². The van der Waals surface area contributed by atoms with Gasteiger partial charge in [0.2, 0.25) is 5.91 Å². The fraction of sp³-hybridized carbons (Fsp3) is 0.348. The maximum Gasteiger partial charge on any atom is 0.412 e. The summed E-state index contributed by atoms with van der Waals surface area (Å²) in [5, 5.41) is 7.81. The molecule has 2 aromatic carbocycles. The van der Waals surface area contributed by atoms with Crippen LogP contribution in [0.15, 0.2) is 42.5 Å². The molecule has 170 valence electrons. The third-order valence-corrected chi connectivity index (χ3v) is 4.31. The largest absolute Gasteiger partial charge is 0.484 e. The van der Waals surface area contributed by atoms with Crippen molar-refractivity contribution in [2.45, 2.75) is 39.2 Å². The van der Waals surface area contributed by atoms with Crippen LogP contribution in [-0.2, 0) is 14.3 Å². The Labute approximate surface area is 185 Å². The highest BCUT2D eigenvalue weighted by Crippen LogP contribution is 2.30. The van der Waals surface area contributed by atoms with Gasteiger partial charge in [-0.2, -0.15) is 0 Å². The molecule has 0 spiro atoms. The van der Waals surface area contributed by atoms with Gasteiger partial charge in [-0.25, -0.2) is 9.18 Å². The Balaban J connectivity index is 1.58. The molecular weight excluding hydrogens is 417 g/mol. The molecule has 9 heteroatoms. The predicted octanol–water partition coefficient (Wildman–Crippen LogP) is 4.54. The van der Waals surface area contributed by atoms with Gasteiger partial charge in [0, 0.05) is 17.7 Å². The van der Waals surface area contributed by atoms with E-state index in [0.29, 0.717) is 11.4 Å². The number of rotatable bonds is 7. The van der Waals surface area contributed by atoms with E-state index in [1.807, 2.05) is 0 Å². The lowest BCUT2D eigenvalue weighted by atomic mass is 10.2. The summed E-state index contributed by atoms with van der Waals surface area (Å²) in [6.45, 7) is 4.78. The molecule has 0 saturated heterocycles. The quantitative estimate of drug-likeness (QED) is 0.583. The lowest BCUT2D eigenvalue weighted by Crippen LogP contribution is -2.28. The van der Waals surface area contributed by atoms with Gasteiger partial charge in [0.1, 0.15) is 17.2 Å². The Morgan fingerprint density at radius 1 is 1.00 bits per heavy atom. The molecule has 8 nitrogen and oxygen atoms in total. The molecule has 1 aliphatic carbocycles. The molecule has 1 saturated carbocycles. The minimum atomic E-state index is -0.735. The molecule has 1 fully saturated rings. The Morgan fingerprint density at radius 3 is 2.44 bits per heavy atom. The Bertz CT molecular complexity index is 1010. The van der Waals surface area contributed by atoms with Crippen molar-refractivity contribution in [3.8, 4) is 5.75 Å². The van der Waals surface area contributed by atoms with E-state index in [4.69, 9.17) is 9.47 Å². The Hall–Kier alpha value is -3.62. The van der Waals surface area contributed by atoms with E-state index in [-0.39, 0.29) is 29.8 Å². The minimum absolute atomic E-state index is 0.0315. The third-order valence-electron chi connectivity index (χ3n) is 4.31. The van der Waals surface area contributed by atoms with Crippen LogP contribution in [0, 0.1) is 11.7 Å². The van der Waals surface area contributed by atoms with E-state index in [9.17, 15) is 18.8 Å². The number of benzene rings is 2. The molecule has 0 radical (unpaired) electrons. The molecule has 0 bridgehead atoms. The first-order chi connectivity index (χ1) is 15.1. The molecule has 2 aromatic rings. The van der Waals surface area contributed by atoms with E-state index in [1.165, 1.54) is 6.07 Å². The summed E-state index contributed by atoms with van der Waals surface area (Å²) in [4.78, 5) is 36.3. The zero-order chi connectivity index (χ0) is 23.3. The van der Waals surface area contributed by atoms with Gasteiger partial charge >= 0.3 is 6.09 Å². The molecule has 32 heavy (non-hydrogen) atoms. The summed E-state index contributed by atoms with van der Waals surface area (Å²) < 4.78 is 24.4. The predicted molar refractivity (Wildman–Crippen MR) is 118 cm³/mol. The van der Waals surface area contributed by atoms with Crippen LogP contribution in [-0.4, -0.2) is 30.1 Å². The van der Waals surface area contributed by atoms with Gasteiger partial charge in [0.25, 0.3) is 5.91 Å². The standard InChI is InChI=1S/C23H26FN3O5/c1-23(2,3)32-22(30)27-18-10-9-15(24)11-19(18)26-20(28)13-31-17-6-4-5-16(12-17)25-21(29)14-7-8-14/h4-6,9-12,14H,7-8,13H2,1-3H3,(H,25,29)(H,26,28)(H,27,30). The Morgan fingerprint density at radius 2 is 1.75 bits per heavy atom. The number of ether oxygens (including phenoxy) is 2. The molecule has 1 aliphatic rings. The molecule has 0 heterocycles. The molecule has 0 unspecified atom stereocenters. The van der Waals surface area contributed by atoms with Crippen LogP contribution in [0.2, 0.25) is 0 Å². The first kappa shape index (κ1) is 23.1. The van der Waals surface area contributed by atoms with E-state index < -0.39 is 23.4 Å². The second kappa shape index (κ2) is 9.67. The average molecular weight is 443 g/mol. The number of anilines is 3. The number of hydrogen-bond donors (Lipinski definition) is 3. The molecule has 0 aliphatic heterocycles. The fourth-order valence-electron chi connectivity index (χ4n) is 2.73. The summed E-state index contributed by atoms with van der Waals surface area (Å²) in [5.41, 5.74) is 0.107. The van der Waals surface area contributed by atoms with Crippen LogP contribution in [0.3, 0.4) is 0 Å². The monoisotopic (exact) mass is 443 g/mol. The van der Waals surface area contributed by atoms with Crippen molar-refractivity contribution in [3.05, 3.63) is 48.3 Å². The van der Waals surface area contributed by atoms with Crippen molar-refractivity contribution in [1.29, 1.82) is 0 Å². The van der Waals surface area contributed by atoms with E-state index >= 15 is 0 Å². The van der Waals surface area contributed by atoms with Gasteiger partial charge in [-0.1, -0.05) is 6.07 Å². The molecule has 3 amide bonds. The smallest absolute Gasteiger partial charge is 0.412 e. The fourth-order valence-corrected chi connectivity index (χ4v) is 2.73. The highest BCUT2D eigenvalue weighted by molar-refractivity contribution is 5.98. The first-order valence-electron chi connectivity index (χ1n) is 10.2. The van der Waals surface area contributed by atoms with Crippen molar-refractivity contribution < 1.29 is 28.2 Å². The molecular formula is C23H26FN3O5. The summed E-state index contributed by atoms with van der Waals surface area (Å²) in [6, 6.07) is 10.3. The number of nitrogens with one attached hydrogen (secondary N) is 3. The van der Waals surface area contributed by atoms with E-state index in [2.05, 4.69) is 16.0 Å². The lowest BCUT2D eigenvalue weighted by molar-refractivity contribution is -0.118. The summed E-state index contributed by atoms with van der Waals surface area (Å²) in [6.07, 6.45) is 1.06.